The first kappa shape index (κ1) is 24.5. The zero-order valence-electron chi connectivity index (χ0n) is 18.5. The second kappa shape index (κ2) is 9.90. The Labute approximate surface area is 198 Å². The number of benzene rings is 1. The number of nitrogens with two attached hydrogens (primary N) is 1. The molecule has 0 spiro atoms. The van der Waals surface area contributed by atoms with Crippen LogP contribution in [0.2, 0.25) is 0 Å². The maximum Gasteiger partial charge on any atom is 0.419 e. The molecule has 2 aromatic heterocycles. The van der Waals surface area contributed by atoms with Gasteiger partial charge in [-0.15, -0.1) is 0 Å². The number of rotatable bonds is 7. The Balaban J connectivity index is 1.46. The number of alkyl halides is 3. The summed E-state index contributed by atoms with van der Waals surface area (Å²) in [4.78, 5) is 17.4. The fourth-order valence-corrected chi connectivity index (χ4v) is 4.36. The van der Waals surface area contributed by atoms with Gasteiger partial charge in [-0.2, -0.15) is 18.3 Å². The fraction of sp³-hybridized carbons (Fsp3) is 0.348. The van der Waals surface area contributed by atoms with Crippen LogP contribution in [0.4, 0.5) is 29.2 Å². The predicted molar refractivity (Wildman–Crippen MR) is 119 cm³/mol. The molecule has 0 saturated heterocycles. The smallest absolute Gasteiger partial charge is 0.419 e. The first-order valence-electron chi connectivity index (χ1n) is 11.0. The van der Waals surface area contributed by atoms with Crippen LogP contribution in [0.25, 0.3) is 0 Å². The Hall–Kier alpha value is -3.67. The summed E-state index contributed by atoms with van der Waals surface area (Å²) in [6, 6.07) is 10.1. The minimum Gasteiger partial charge on any atom is -0.487 e. The van der Waals surface area contributed by atoms with Crippen molar-refractivity contribution in [3.8, 4) is 5.75 Å². The lowest BCUT2D eigenvalue weighted by Crippen LogP contribution is -2.48. The monoisotopic (exact) mass is 492 g/mol. The number of hydrogen-bond donors (Lipinski definition) is 4. The van der Waals surface area contributed by atoms with Crippen LogP contribution >= 0.6 is 0 Å². The predicted octanol–water partition coefficient (Wildman–Crippen LogP) is 4.25. The normalized spacial score (nSPS) is 20.3. The molecule has 5 N–H and O–H groups in total. The summed E-state index contributed by atoms with van der Waals surface area (Å²) >= 11 is 0. The van der Waals surface area contributed by atoms with Crippen molar-refractivity contribution in [3.63, 3.8) is 0 Å². The second-order valence-corrected chi connectivity index (χ2v) is 8.47. The molecule has 1 saturated carbocycles. The van der Waals surface area contributed by atoms with Crippen molar-refractivity contribution in [1.82, 2.24) is 20.6 Å². The molecule has 0 atom stereocenters. The number of H-pyrrole nitrogens is 1. The van der Waals surface area contributed by atoms with Crippen LogP contribution < -0.4 is 21.3 Å². The Morgan fingerprint density at radius 2 is 1.91 bits per heavy atom. The van der Waals surface area contributed by atoms with E-state index in [1.807, 2.05) is 0 Å². The summed E-state index contributed by atoms with van der Waals surface area (Å²) in [7, 11) is 0. The largest absolute Gasteiger partial charge is 0.487 e. The number of aromatic amines is 1. The highest BCUT2D eigenvalue weighted by atomic mass is 19.4. The van der Waals surface area contributed by atoms with E-state index < -0.39 is 34.8 Å². The minimum absolute atomic E-state index is 0.291. The molecule has 4 rings (SSSR count). The molecule has 186 valence electrons. The number of hydrazine groups is 1. The van der Waals surface area contributed by atoms with Gasteiger partial charge in [-0.3, -0.25) is 15.3 Å². The molecule has 0 bridgehead atoms. The third-order valence-corrected chi connectivity index (χ3v) is 6.15. The molecule has 1 fully saturated rings. The highest BCUT2D eigenvalue weighted by Crippen LogP contribution is 2.42. The summed E-state index contributed by atoms with van der Waals surface area (Å²) in [6.07, 6.45) is -2.16. The van der Waals surface area contributed by atoms with Crippen LogP contribution in [-0.2, 0) is 17.4 Å². The zero-order chi connectivity index (χ0) is 25.1. The molecule has 0 radical (unpaired) electrons. The van der Waals surface area contributed by atoms with Crippen LogP contribution in [-0.4, -0.2) is 27.2 Å². The van der Waals surface area contributed by atoms with Crippen molar-refractivity contribution in [2.75, 3.05) is 5.32 Å². The van der Waals surface area contributed by atoms with Gasteiger partial charge in [0.05, 0.1) is 23.3 Å². The molecule has 1 amide bonds. The van der Waals surface area contributed by atoms with E-state index in [4.69, 9.17) is 10.6 Å². The van der Waals surface area contributed by atoms with Gasteiger partial charge in [0.25, 0.3) is 0 Å². The SMILES string of the molecule is NNC(=O)C1(Cc2cccc(Nc3ccn[nH]3)n2)CCC(Oc2cccc(C(F)(F)F)c2F)CC1. The molecule has 8 nitrogen and oxygen atoms in total. The van der Waals surface area contributed by atoms with Gasteiger partial charge in [-0.1, -0.05) is 12.1 Å². The number of nitrogens with zero attached hydrogens (tertiary/aromatic N) is 2. The summed E-state index contributed by atoms with van der Waals surface area (Å²) < 4.78 is 59.0. The number of amides is 1. The Kier molecular flexibility index (Phi) is 6.92. The lowest BCUT2D eigenvalue weighted by atomic mass is 9.69. The number of carbonyl (C=O) groups excluding carboxylic acids is 1. The average molecular weight is 492 g/mol. The van der Waals surface area contributed by atoms with E-state index in [9.17, 15) is 22.4 Å². The van der Waals surface area contributed by atoms with Crippen LogP contribution in [0.5, 0.6) is 5.75 Å². The lowest BCUT2D eigenvalue weighted by Gasteiger charge is -2.38. The molecule has 12 heteroatoms. The minimum atomic E-state index is -4.82. The van der Waals surface area contributed by atoms with E-state index >= 15 is 0 Å². The Morgan fingerprint density at radius 1 is 1.17 bits per heavy atom. The number of carbonyl (C=O) groups is 1. The van der Waals surface area contributed by atoms with Crippen molar-refractivity contribution in [1.29, 1.82) is 0 Å². The van der Waals surface area contributed by atoms with Gasteiger partial charge >= 0.3 is 6.18 Å². The summed E-state index contributed by atoms with van der Waals surface area (Å²) in [5, 5.41) is 9.72. The van der Waals surface area contributed by atoms with Gasteiger partial charge in [0.2, 0.25) is 5.91 Å². The van der Waals surface area contributed by atoms with E-state index in [0.717, 1.165) is 6.07 Å². The van der Waals surface area contributed by atoms with E-state index in [0.29, 0.717) is 55.5 Å². The van der Waals surface area contributed by atoms with Gasteiger partial charge in [-0.05, 0) is 49.9 Å². The molecule has 35 heavy (non-hydrogen) atoms. The second-order valence-electron chi connectivity index (χ2n) is 8.47. The van der Waals surface area contributed by atoms with Crippen molar-refractivity contribution in [2.24, 2.45) is 11.3 Å². The maximum absolute atomic E-state index is 14.4. The summed E-state index contributed by atoms with van der Waals surface area (Å²) in [6.45, 7) is 0. The van der Waals surface area contributed by atoms with E-state index in [1.54, 1.807) is 30.5 Å². The van der Waals surface area contributed by atoms with E-state index in [1.165, 1.54) is 6.07 Å². The Bertz CT molecular complexity index is 1160. The van der Waals surface area contributed by atoms with Crippen molar-refractivity contribution >= 4 is 17.5 Å². The summed E-state index contributed by atoms with van der Waals surface area (Å²) in [5.74, 6) is 4.42. The standard InChI is InChI=1S/C23H24F4N6O2/c24-20-16(23(25,26)27)4-2-5-17(20)35-15-7-10-22(11-8-15,21(34)32-28)13-14-3-1-6-18(30-14)31-19-9-12-29-33-19/h1-6,9,12,15H,7-8,10-11,13,28H2,(H,32,34)(H2,29,30,31,33). The first-order chi connectivity index (χ1) is 16.7. The lowest BCUT2D eigenvalue weighted by molar-refractivity contribution is -0.140. The number of halogens is 4. The van der Waals surface area contributed by atoms with Crippen LogP contribution in [0.15, 0.2) is 48.7 Å². The maximum atomic E-state index is 14.4. The van der Waals surface area contributed by atoms with Crippen LogP contribution in [0, 0.1) is 11.2 Å². The van der Waals surface area contributed by atoms with Gasteiger partial charge in [0.1, 0.15) is 11.6 Å². The highest BCUT2D eigenvalue weighted by Gasteiger charge is 2.43. The van der Waals surface area contributed by atoms with Gasteiger partial charge in [-0.25, -0.2) is 15.2 Å². The number of pyridine rings is 1. The van der Waals surface area contributed by atoms with Crippen LogP contribution in [0.3, 0.4) is 0 Å². The number of anilines is 2. The molecular weight excluding hydrogens is 468 g/mol. The molecule has 1 aromatic carbocycles. The number of aromatic nitrogens is 3. The quantitative estimate of drug-likeness (QED) is 0.170. The molecule has 0 aliphatic heterocycles. The molecule has 3 aromatic rings. The molecule has 1 aliphatic rings. The molecule has 2 heterocycles. The van der Waals surface area contributed by atoms with Crippen LogP contribution in [0.1, 0.15) is 36.9 Å². The molecular formula is C23H24F4N6O2. The zero-order valence-corrected chi connectivity index (χ0v) is 18.5. The Morgan fingerprint density at radius 3 is 2.57 bits per heavy atom. The van der Waals surface area contributed by atoms with Crippen molar-refractivity contribution < 1.29 is 27.1 Å². The molecule has 1 aliphatic carbocycles. The van der Waals surface area contributed by atoms with Gasteiger partial charge in [0, 0.05) is 18.2 Å². The third kappa shape index (κ3) is 5.53. The first-order valence-corrected chi connectivity index (χ1v) is 11.0. The van der Waals surface area contributed by atoms with Crippen molar-refractivity contribution in [3.05, 3.63) is 65.7 Å². The van der Waals surface area contributed by atoms with E-state index in [2.05, 4.69) is 25.9 Å². The number of ether oxygens (including phenoxy) is 1. The summed E-state index contributed by atoms with van der Waals surface area (Å²) in [5.41, 5.74) is 0.611. The topological polar surface area (TPSA) is 118 Å². The van der Waals surface area contributed by atoms with Gasteiger partial charge < -0.3 is 10.1 Å². The number of hydrogen-bond acceptors (Lipinski definition) is 6. The highest BCUT2D eigenvalue weighted by molar-refractivity contribution is 5.82. The fourth-order valence-electron chi connectivity index (χ4n) is 4.36. The third-order valence-electron chi connectivity index (χ3n) is 6.15. The molecule has 0 unspecified atom stereocenters. The average Bonchev–Trinajstić information content (AvgIpc) is 3.33. The van der Waals surface area contributed by atoms with Gasteiger partial charge in [0.15, 0.2) is 11.6 Å². The number of nitrogens with one attached hydrogen (secondary N) is 3. The van der Waals surface area contributed by atoms with E-state index in [-0.39, 0.29) is 5.91 Å². The van der Waals surface area contributed by atoms with Crippen molar-refractivity contribution in [2.45, 2.75) is 44.4 Å².